The number of fused-ring (bicyclic) bond motifs is 1. The van der Waals surface area contributed by atoms with E-state index in [0.29, 0.717) is 5.65 Å². The van der Waals surface area contributed by atoms with E-state index in [1.54, 1.807) is 18.2 Å². The third-order valence-electron chi connectivity index (χ3n) is 3.04. The fourth-order valence-electron chi connectivity index (χ4n) is 1.95. The number of amides is 1. The van der Waals surface area contributed by atoms with E-state index in [9.17, 15) is 18.4 Å². The first kappa shape index (κ1) is 13.9. The van der Waals surface area contributed by atoms with Gasteiger partial charge in [-0.05, 0) is 24.3 Å². The highest BCUT2D eigenvalue weighted by Gasteiger charge is 2.14. The van der Waals surface area contributed by atoms with Gasteiger partial charge in [-0.15, -0.1) is 0 Å². The molecule has 0 spiro atoms. The maximum absolute atomic E-state index is 13.1. The van der Waals surface area contributed by atoms with E-state index < -0.39 is 23.1 Å². The van der Waals surface area contributed by atoms with E-state index in [1.165, 1.54) is 16.7 Å². The second-order valence-corrected chi connectivity index (χ2v) is 4.49. The number of halogens is 2. The van der Waals surface area contributed by atoms with E-state index in [0.717, 1.165) is 18.3 Å². The molecule has 0 fully saturated rings. The zero-order chi connectivity index (χ0) is 15.7. The Hall–Kier alpha value is -3.09. The van der Waals surface area contributed by atoms with Crippen LogP contribution in [0, 0.1) is 11.6 Å². The molecule has 1 amide bonds. The highest BCUT2D eigenvalue weighted by molar-refractivity contribution is 6.03. The van der Waals surface area contributed by atoms with Crippen molar-refractivity contribution in [2.24, 2.45) is 0 Å². The van der Waals surface area contributed by atoms with Crippen molar-refractivity contribution in [1.29, 1.82) is 0 Å². The third kappa shape index (κ3) is 2.44. The quantitative estimate of drug-likeness (QED) is 0.789. The molecule has 2 heterocycles. The number of nitrogens with zero attached hydrogens (tertiary/aromatic N) is 2. The molecule has 0 saturated heterocycles. The molecule has 22 heavy (non-hydrogen) atoms. The van der Waals surface area contributed by atoms with Gasteiger partial charge in [0.1, 0.15) is 11.2 Å². The molecule has 0 aliphatic rings. The Balaban J connectivity index is 1.97. The molecule has 1 aromatic carbocycles. The van der Waals surface area contributed by atoms with Crippen LogP contribution in [0.25, 0.3) is 5.65 Å². The van der Waals surface area contributed by atoms with Crippen LogP contribution in [-0.2, 0) is 0 Å². The number of carbonyl (C=O) groups excluding carboxylic acids is 1. The third-order valence-corrected chi connectivity index (χ3v) is 3.04. The monoisotopic (exact) mass is 301 g/mol. The smallest absolute Gasteiger partial charge is 0.270 e. The van der Waals surface area contributed by atoms with Gasteiger partial charge >= 0.3 is 0 Å². The van der Waals surface area contributed by atoms with Crippen LogP contribution < -0.4 is 10.9 Å². The molecule has 5 nitrogen and oxygen atoms in total. The second-order valence-electron chi connectivity index (χ2n) is 4.49. The molecule has 0 aliphatic heterocycles. The van der Waals surface area contributed by atoms with Crippen LogP contribution in [0.1, 0.15) is 10.4 Å². The lowest BCUT2D eigenvalue weighted by Gasteiger charge is -2.06. The fraction of sp³-hybridized carbons (Fsp3) is 0. The molecule has 0 saturated carbocycles. The topological polar surface area (TPSA) is 63.5 Å². The molecule has 1 N–H and O–H groups in total. The molecule has 0 atom stereocenters. The van der Waals surface area contributed by atoms with Gasteiger partial charge in [0, 0.05) is 24.1 Å². The SMILES string of the molecule is O=C(Nc1ccc(F)c(F)c1)c1cnc2ccccn2c1=O. The van der Waals surface area contributed by atoms with Crippen LogP contribution in [0.15, 0.2) is 53.6 Å². The maximum Gasteiger partial charge on any atom is 0.270 e. The summed E-state index contributed by atoms with van der Waals surface area (Å²) in [5, 5.41) is 2.33. The number of benzene rings is 1. The summed E-state index contributed by atoms with van der Waals surface area (Å²) in [4.78, 5) is 28.3. The first-order chi connectivity index (χ1) is 10.6. The summed E-state index contributed by atoms with van der Waals surface area (Å²) in [6.45, 7) is 0. The molecule has 3 aromatic rings. The number of pyridine rings is 1. The highest BCUT2D eigenvalue weighted by atomic mass is 19.2. The van der Waals surface area contributed by atoms with Crippen molar-refractivity contribution in [3.05, 3.63) is 76.3 Å². The van der Waals surface area contributed by atoms with Gasteiger partial charge in [-0.25, -0.2) is 13.8 Å². The summed E-state index contributed by atoms with van der Waals surface area (Å²) >= 11 is 0. The van der Waals surface area contributed by atoms with Gasteiger partial charge in [0.05, 0.1) is 0 Å². The number of aromatic nitrogens is 2. The zero-order valence-electron chi connectivity index (χ0n) is 11.1. The van der Waals surface area contributed by atoms with E-state index in [-0.39, 0.29) is 11.3 Å². The van der Waals surface area contributed by atoms with Crippen molar-refractivity contribution in [3.8, 4) is 0 Å². The Labute approximate surface area is 122 Å². The Bertz CT molecular complexity index is 937. The van der Waals surface area contributed by atoms with E-state index in [4.69, 9.17) is 0 Å². The van der Waals surface area contributed by atoms with Crippen LogP contribution in [0.2, 0.25) is 0 Å². The molecule has 0 aliphatic carbocycles. The predicted molar refractivity (Wildman–Crippen MR) is 75.8 cm³/mol. The molecule has 7 heteroatoms. The number of nitrogens with one attached hydrogen (secondary N) is 1. The highest BCUT2D eigenvalue weighted by Crippen LogP contribution is 2.13. The van der Waals surface area contributed by atoms with Crippen LogP contribution in [0.3, 0.4) is 0 Å². The maximum atomic E-state index is 13.1. The largest absolute Gasteiger partial charge is 0.322 e. The molecule has 3 rings (SSSR count). The van der Waals surface area contributed by atoms with Crippen molar-refractivity contribution in [2.75, 3.05) is 5.32 Å². The van der Waals surface area contributed by atoms with Crippen molar-refractivity contribution >= 4 is 17.2 Å². The second kappa shape index (κ2) is 5.36. The van der Waals surface area contributed by atoms with Gasteiger partial charge in [0.2, 0.25) is 0 Å². The fourth-order valence-corrected chi connectivity index (χ4v) is 1.95. The molecule has 0 radical (unpaired) electrons. The van der Waals surface area contributed by atoms with Gasteiger partial charge in [-0.2, -0.15) is 0 Å². The minimum atomic E-state index is -1.09. The van der Waals surface area contributed by atoms with E-state index in [1.807, 2.05) is 0 Å². The summed E-state index contributed by atoms with van der Waals surface area (Å²) in [5.41, 5.74) is -0.308. The summed E-state index contributed by atoms with van der Waals surface area (Å²) in [5.74, 6) is -2.86. The van der Waals surface area contributed by atoms with E-state index in [2.05, 4.69) is 10.3 Å². The average Bonchev–Trinajstić information content (AvgIpc) is 2.51. The number of rotatable bonds is 2. The minimum Gasteiger partial charge on any atom is -0.322 e. The van der Waals surface area contributed by atoms with Crippen molar-refractivity contribution in [2.45, 2.75) is 0 Å². The number of hydrogen-bond acceptors (Lipinski definition) is 3. The Morgan fingerprint density at radius 1 is 1.14 bits per heavy atom. The molecule has 0 unspecified atom stereocenters. The van der Waals surface area contributed by atoms with Crippen LogP contribution >= 0.6 is 0 Å². The van der Waals surface area contributed by atoms with Gasteiger partial charge in [0.25, 0.3) is 11.5 Å². The average molecular weight is 301 g/mol. The molecule has 2 aromatic heterocycles. The van der Waals surface area contributed by atoms with Gasteiger partial charge in [-0.1, -0.05) is 6.07 Å². The van der Waals surface area contributed by atoms with E-state index >= 15 is 0 Å². The molecule has 0 bridgehead atoms. The Kier molecular flexibility index (Phi) is 3.38. The van der Waals surface area contributed by atoms with Crippen LogP contribution in [0.4, 0.5) is 14.5 Å². The number of carbonyl (C=O) groups is 1. The standard InChI is InChI=1S/C15H9F2N3O2/c16-11-5-4-9(7-12(11)17)19-14(21)10-8-18-13-3-1-2-6-20(13)15(10)22/h1-8H,(H,19,21). The van der Waals surface area contributed by atoms with Gasteiger partial charge in [0.15, 0.2) is 11.6 Å². The number of anilines is 1. The zero-order valence-corrected chi connectivity index (χ0v) is 11.1. The molecule has 110 valence electrons. The molecular weight excluding hydrogens is 292 g/mol. The Morgan fingerprint density at radius 2 is 1.95 bits per heavy atom. The van der Waals surface area contributed by atoms with Crippen LogP contribution in [0.5, 0.6) is 0 Å². The summed E-state index contributed by atoms with van der Waals surface area (Å²) in [6.07, 6.45) is 2.63. The lowest BCUT2D eigenvalue weighted by atomic mass is 10.2. The van der Waals surface area contributed by atoms with Crippen molar-refractivity contribution < 1.29 is 13.6 Å². The van der Waals surface area contributed by atoms with Crippen molar-refractivity contribution in [1.82, 2.24) is 9.38 Å². The minimum absolute atomic E-state index is 0.0430. The first-order valence-electron chi connectivity index (χ1n) is 6.29. The number of hydrogen-bond donors (Lipinski definition) is 1. The normalized spacial score (nSPS) is 10.6. The lowest BCUT2D eigenvalue weighted by Crippen LogP contribution is -2.26. The first-order valence-corrected chi connectivity index (χ1v) is 6.29. The lowest BCUT2D eigenvalue weighted by molar-refractivity contribution is 0.102. The van der Waals surface area contributed by atoms with Gasteiger partial charge < -0.3 is 5.32 Å². The van der Waals surface area contributed by atoms with Gasteiger partial charge in [-0.3, -0.25) is 14.0 Å². The summed E-state index contributed by atoms with van der Waals surface area (Å²) in [6, 6.07) is 7.88. The summed E-state index contributed by atoms with van der Waals surface area (Å²) < 4.78 is 27.2. The molecular formula is C15H9F2N3O2. The van der Waals surface area contributed by atoms with Crippen LogP contribution in [-0.4, -0.2) is 15.3 Å². The Morgan fingerprint density at radius 3 is 2.73 bits per heavy atom. The van der Waals surface area contributed by atoms with Crippen molar-refractivity contribution in [3.63, 3.8) is 0 Å². The summed E-state index contributed by atoms with van der Waals surface area (Å²) in [7, 11) is 0. The predicted octanol–water partition coefficient (Wildman–Crippen LogP) is 2.22.